The highest BCUT2D eigenvalue weighted by Gasteiger charge is 1.99. The Labute approximate surface area is 64.2 Å². The summed E-state index contributed by atoms with van der Waals surface area (Å²) in [4.78, 5) is 4.31. The van der Waals surface area contributed by atoms with Gasteiger partial charge in [0.25, 0.3) is 0 Å². The SMILES string of the molecule is CCCc1nc2ccnn2[nH]1. The van der Waals surface area contributed by atoms with E-state index in [0.717, 1.165) is 24.3 Å². The summed E-state index contributed by atoms with van der Waals surface area (Å²) in [5.74, 6) is 1.01. The highest BCUT2D eigenvalue weighted by molar-refractivity contribution is 5.34. The monoisotopic (exact) mass is 150 g/mol. The predicted molar refractivity (Wildman–Crippen MR) is 41.3 cm³/mol. The second kappa shape index (κ2) is 2.38. The molecule has 2 aromatic rings. The topological polar surface area (TPSA) is 46.0 Å². The van der Waals surface area contributed by atoms with Gasteiger partial charge in [0.1, 0.15) is 5.82 Å². The largest absolute Gasteiger partial charge is 0.263 e. The molecule has 4 heteroatoms. The van der Waals surface area contributed by atoms with E-state index in [-0.39, 0.29) is 0 Å². The van der Waals surface area contributed by atoms with Gasteiger partial charge in [-0.3, -0.25) is 5.10 Å². The molecule has 0 radical (unpaired) electrons. The van der Waals surface area contributed by atoms with Crippen molar-refractivity contribution in [1.29, 1.82) is 0 Å². The highest BCUT2D eigenvalue weighted by atomic mass is 15.4. The second-order valence-corrected chi connectivity index (χ2v) is 2.52. The van der Waals surface area contributed by atoms with Crippen molar-refractivity contribution >= 4 is 5.65 Å². The average Bonchev–Trinajstić information content (AvgIpc) is 2.46. The van der Waals surface area contributed by atoms with Gasteiger partial charge in [0.05, 0.1) is 6.20 Å². The van der Waals surface area contributed by atoms with Gasteiger partial charge in [0.2, 0.25) is 0 Å². The first kappa shape index (κ1) is 6.39. The van der Waals surface area contributed by atoms with E-state index in [9.17, 15) is 0 Å². The zero-order valence-corrected chi connectivity index (χ0v) is 6.41. The van der Waals surface area contributed by atoms with Crippen LogP contribution in [-0.4, -0.2) is 19.8 Å². The number of hydrogen-bond donors (Lipinski definition) is 1. The molecule has 11 heavy (non-hydrogen) atoms. The number of H-pyrrole nitrogens is 1. The fourth-order valence-corrected chi connectivity index (χ4v) is 1.10. The van der Waals surface area contributed by atoms with Crippen molar-refractivity contribution < 1.29 is 0 Å². The van der Waals surface area contributed by atoms with Crippen LogP contribution < -0.4 is 0 Å². The van der Waals surface area contributed by atoms with E-state index in [4.69, 9.17) is 0 Å². The highest BCUT2D eigenvalue weighted by Crippen LogP contribution is 2.00. The van der Waals surface area contributed by atoms with Crippen LogP contribution in [0.2, 0.25) is 0 Å². The fourth-order valence-electron chi connectivity index (χ4n) is 1.10. The molecule has 58 valence electrons. The van der Waals surface area contributed by atoms with E-state index in [1.54, 1.807) is 10.8 Å². The Kier molecular flexibility index (Phi) is 1.38. The van der Waals surface area contributed by atoms with Crippen LogP contribution in [-0.2, 0) is 6.42 Å². The van der Waals surface area contributed by atoms with E-state index < -0.39 is 0 Å². The number of aromatic amines is 1. The van der Waals surface area contributed by atoms with E-state index in [1.807, 2.05) is 6.07 Å². The van der Waals surface area contributed by atoms with Crippen LogP contribution in [0.3, 0.4) is 0 Å². The van der Waals surface area contributed by atoms with Gasteiger partial charge in [-0.25, -0.2) is 4.98 Å². The Bertz CT molecular complexity index is 317. The molecule has 1 N–H and O–H groups in total. The molecule has 0 saturated heterocycles. The number of hydrogen-bond acceptors (Lipinski definition) is 2. The standard InChI is InChI=1S/C7H10N4/c1-2-3-6-9-7-4-5-8-11(7)10-6/h4-5H,2-3H2,1H3,(H,9,10). The third-order valence-electron chi connectivity index (χ3n) is 1.59. The number of aromatic nitrogens is 4. The van der Waals surface area contributed by atoms with Crippen LogP contribution in [0.15, 0.2) is 12.3 Å². The third kappa shape index (κ3) is 1.00. The number of rotatable bonds is 2. The van der Waals surface area contributed by atoms with Crippen LogP contribution >= 0.6 is 0 Å². The van der Waals surface area contributed by atoms with Crippen molar-refractivity contribution in [2.24, 2.45) is 0 Å². The maximum Gasteiger partial charge on any atom is 0.175 e. The Hall–Kier alpha value is -1.32. The molecule has 0 aliphatic rings. The minimum absolute atomic E-state index is 0.897. The molecule has 0 aliphatic heterocycles. The van der Waals surface area contributed by atoms with Gasteiger partial charge in [-0.15, -0.1) is 0 Å². The minimum atomic E-state index is 0.897. The van der Waals surface area contributed by atoms with Gasteiger partial charge in [-0.2, -0.15) is 9.73 Å². The Morgan fingerprint density at radius 1 is 1.64 bits per heavy atom. The lowest BCUT2D eigenvalue weighted by Crippen LogP contribution is -1.89. The van der Waals surface area contributed by atoms with Crippen molar-refractivity contribution in [2.45, 2.75) is 19.8 Å². The van der Waals surface area contributed by atoms with Crippen LogP contribution in [0.4, 0.5) is 0 Å². The second-order valence-electron chi connectivity index (χ2n) is 2.52. The Morgan fingerprint density at radius 2 is 2.55 bits per heavy atom. The molecule has 0 unspecified atom stereocenters. The molecule has 2 heterocycles. The van der Waals surface area contributed by atoms with E-state index in [2.05, 4.69) is 22.1 Å². The lowest BCUT2D eigenvalue weighted by atomic mass is 10.3. The van der Waals surface area contributed by atoms with Gasteiger partial charge in [-0.1, -0.05) is 6.92 Å². The molecule has 0 spiro atoms. The number of nitrogens with one attached hydrogen (secondary N) is 1. The predicted octanol–water partition coefficient (Wildman–Crippen LogP) is 1.01. The van der Waals surface area contributed by atoms with Crippen LogP contribution in [0, 0.1) is 0 Å². The summed E-state index contributed by atoms with van der Waals surface area (Å²) in [6.45, 7) is 2.13. The van der Waals surface area contributed by atoms with E-state index in [0.29, 0.717) is 0 Å². The van der Waals surface area contributed by atoms with Crippen molar-refractivity contribution in [2.75, 3.05) is 0 Å². The van der Waals surface area contributed by atoms with Gasteiger partial charge < -0.3 is 0 Å². The quantitative estimate of drug-likeness (QED) is 0.694. The average molecular weight is 150 g/mol. The normalized spacial score (nSPS) is 11.0. The summed E-state index contributed by atoms with van der Waals surface area (Å²) in [5, 5.41) is 7.09. The Morgan fingerprint density at radius 3 is 3.27 bits per heavy atom. The van der Waals surface area contributed by atoms with Gasteiger partial charge in [-0.05, 0) is 6.42 Å². The molecular weight excluding hydrogens is 140 g/mol. The van der Waals surface area contributed by atoms with E-state index in [1.165, 1.54) is 0 Å². The van der Waals surface area contributed by atoms with Crippen molar-refractivity contribution in [3.63, 3.8) is 0 Å². The first-order valence-corrected chi connectivity index (χ1v) is 3.79. The van der Waals surface area contributed by atoms with Crippen LogP contribution in [0.5, 0.6) is 0 Å². The maximum absolute atomic E-state index is 4.31. The third-order valence-corrected chi connectivity index (χ3v) is 1.59. The summed E-state index contributed by atoms with van der Waals surface area (Å²) in [6.07, 6.45) is 3.83. The summed E-state index contributed by atoms with van der Waals surface area (Å²) in [7, 11) is 0. The summed E-state index contributed by atoms with van der Waals surface area (Å²) in [6, 6.07) is 1.88. The van der Waals surface area contributed by atoms with Gasteiger partial charge >= 0.3 is 0 Å². The number of nitrogens with zero attached hydrogens (tertiary/aromatic N) is 3. The summed E-state index contributed by atoms with van der Waals surface area (Å²) < 4.78 is 1.69. The lowest BCUT2D eigenvalue weighted by Gasteiger charge is -1.86. The molecule has 2 aromatic heterocycles. The van der Waals surface area contributed by atoms with Crippen LogP contribution in [0.1, 0.15) is 19.2 Å². The molecule has 2 rings (SSSR count). The molecule has 0 amide bonds. The minimum Gasteiger partial charge on any atom is -0.263 e. The van der Waals surface area contributed by atoms with Crippen molar-refractivity contribution in [1.82, 2.24) is 19.8 Å². The smallest absolute Gasteiger partial charge is 0.175 e. The molecule has 0 bridgehead atoms. The Balaban J connectivity index is 2.42. The molecular formula is C7H10N4. The number of aryl methyl sites for hydroxylation is 1. The molecule has 0 aromatic carbocycles. The first-order valence-electron chi connectivity index (χ1n) is 3.79. The molecule has 0 atom stereocenters. The summed E-state index contributed by atoms with van der Waals surface area (Å²) in [5.41, 5.74) is 0.897. The molecule has 4 nitrogen and oxygen atoms in total. The molecule has 0 aliphatic carbocycles. The van der Waals surface area contributed by atoms with Crippen molar-refractivity contribution in [3.8, 4) is 0 Å². The van der Waals surface area contributed by atoms with Gasteiger partial charge in [0.15, 0.2) is 5.65 Å². The molecule has 0 saturated carbocycles. The lowest BCUT2D eigenvalue weighted by molar-refractivity contribution is 0.764. The van der Waals surface area contributed by atoms with Crippen LogP contribution in [0.25, 0.3) is 5.65 Å². The number of fused-ring (bicyclic) bond motifs is 1. The van der Waals surface area contributed by atoms with Crippen molar-refractivity contribution in [3.05, 3.63) is 18.1 Å². The zero-order chi connectivity index (χ0) is 7.68. The summed E-state index contributed by atoms with van der Waals surface area (Å²) >= 11 is 0. The maximum atomic E-state index is 4.31. The fraction of sp³-hybridized carbons (Fsp3) is 0.429. The van der Waals surface area contributed by atoms with E-state index >= 15 is 0 Å². The van der Waals surface area contributed by atoms with Gasteiger partial charge in [0, 0.05) is 12.5 Å². The molecule has 0 fully saturated rings. The zero-order valence-electron chi connectivity index (χ0n) is 6.41. The first-order chi connectivity index (χ1) is 5.40.